The Kier molecular flexibility index (Phi) is 1.61. The summed E-state index contributed by atoms with van der Waals surface area (Å²) in [4.78, 5) is 13.6. The van der Waals surface area contributed by atoms with Crippen molar-refractivity contribution >= 4 is 37.9 Å². The average molecular weight is 217 g/mol. The normalized spacial score (nSPS) is 11.2. The number of aldehydes is 1. The molecule has 0 saturated carbocycles. The second kappa shape index (κ2) is 2.84. The molecule has 0 unspecified atom stereocenters. The van der Waals surface area contributed by atoms with Gasteiger partial charge >= 0.3 is 0 Å². The maximum Gasteiger partial charge on any atom is 0.166 e. The van der Waals surface area contributed by atoms with Crippen LogP contribution in [0.1, 0.15) is 10.5 Å². The Hall–Kier alpha value is -1.81. The third-order valence-electron chi connectivity index (χ3n) is 2.38. The zero-order chi connectivity index (χ0) is 10.4. The van der Waals surface area contributed by atoms with Crippen LogP contribution in [0.5, 0.6) is 5.75 Å². The minimum Gasteiger partial charge on any atom is -0.508 e. The van der Waals surface area contributed by atoms with Gasteiger partial charge in [-0.2, -0.15) is 0 Å². The van der Waals surface area contributed by atoms with E-state index in [2.05, 4.69) is 4.98 Å². The summed E-state index contributed by atoms with van der Waals surface area (Å²) in [6, 6.07) is 7.06. The lowest BCUT2D eigenvalue weighted by atomic mass is 10.2. The number of thiophene rings is 1. The molecule has 0 amide bonds. The van der Waals surface area contributed by atoms with Gasteiger partial charge in [-0.1, -0.05) is 0 Å². The summed E-state index contributed by atoms with van der Waals surface area (Å²) in [6.07, 6.45) is 0.805. The van der Waals surface area contributed by atoms with Crippen LogP contribution in [0.25, 0.3) is 20.3 Å². The van der Waals surface area contributed by atoms with Crippen molar-refractivity contribution in [3.63, 3.8) is 0 Å². The monoisotopic (exact) mass is 217 g/mol. The number of aromatic nitrogens is 1. The number of phenolic OH excluding ortho intramolecular Hbond substituents is 1. The van der Waals surface area contributed by atoms with Crippen molar-refractivity contribution < 1.29 is 9.90 Å². The van der Waals surface area contributed by atoms with Crippen LogP contribution in [-0.2, 0) is 0 Å². The molecule has 2 heterocycles. The van der Waals surface area contributed by atoms with E-state index in [1.807, 2.05) is 12.1 Å². The SMILES string of the molecule is O=Cc1cc2sc3cc(O)ccc3c2[nH]1. The third kappa shape index (κ3) is 1.15. The lowest BCUT2D eigenvalue weighted by Gasteiger charge is -1.91. The van der Waals surface area contributed by atoms with Crippen molar-refractivity contribution in [3.05, 3.63) is 30.0 Å². The van der Waals surface area contributed by atoms with Gasteiger partial charge in [0, 0.05) is 10.1 Å². The smallest absolute Gasteiger partial charge is 0.166 e. The Morgan fingerprint density at radius 1 is 1.27 bits per heavy atom. The summed E-state index contributed by atoms with van der Waals surface area (Å²) in [6.45, 7) is 0. The first-order valence-corrected chi connectivity index (χ1v) is 5.29. The first kappa shape index (κ1) is 8.49. The Labute approximate surface area is 89.0 Å². The van der Waals surface area contributed by atoms with Crippen LogP contribution in [-0.4, -0.2) is 16.4 Å². The van der Waals surface area contributed by atoms with Crippen LogP contribution in [0.15, 0.2) is 24.3 Å². The van der Waals surface area contributed by atoms with E-state index in [1.165, 1.54) is 0 Å². The molecule has 2 N–H and O–H groups in total. The van der Waals surface area contributed by atoms with Gasteiger partial charge in [-0.05, 0) is 24.3 Å². The van der Waals surface area contributed by atoms with Crippen molar-refractivity contribution in [1.82, 2.24) is 4.98 Å². The lowest BCUT2D eigenvalue weighted by Crippen LogP contribution is -1.75. The lowest BCUT2D eigenvalue weighted by molar-refractivity contribution is 0.112. The van der Waals surface area contributed by atoms with E-state index in [0.717, 1.165) is 26.6 Å². The van der Waals surface area contributed by atoms with Gasteiger partial charge in [-0.3, -0.25) is 4.79 Å². The number of H-pyrrole nitrogens is 1. The van der Waals surface area contributed by atoms with E-state index in [9.17, 15) is 9.90 Å². The molecule has 0 aliphatic rings. The second-order valence-corrected chi connectivity index (χ2v) is 4.45. The maximum absolute atomic E-state index is 10.6. The topological polar surface area (TPSA) is 53.1 Å². The molecule has 0 saturated heterocycles. The highest BCUT2D eigenvalue weighted by Gasteiger charge is 2.08. The molecular formula is C11H7NO2S. The van der Waals surface area contributed by atoms with Gasteiger partial charge in [0.1, 0.15) is 5.75 Å². The Morgan fingerprint density at radius 2 is 2.13 bits per heavy atom. The number of nitrogens with one attached hydrogen (secondary N) is 1. The fraction of sp³-hybridized carbons (Fsp3) is 0. The number of fused-ring (bicyclic) bond motifs is 3. The second-order valence-electron chi connectivity index (χ2n) is 3.36. The average Bonchev–Trinajstić information content (AvgIpc) is 2.73. The molecule has 0 aliphatic carbocycles. The number of hydrogen-bond acceptors (Lipinski definition) is 3. The van der Waals surface area contributed by atoms with Crippen LogP contribution in [0, 0.1) is 0 Å². The molecule has 0 radical (unpaired) electrons. The van der Waals surface area contributed by atoms with E-state index in [4.69, 9.17) is 0 Å². The van der Waals surface area contributed by atoms with Gasteiger partial charge in [0.05, 0.1) is 15.9 Å². The number of hydrogen-bond donors (Lipinski definition) is 2. The summed E-state index contributed by atoms with van der Waals surface area (Å²) in [7, 11) is 0. The van der Waals surface area contributed by atoms with Crippen LogP contribution < -0.4 is 0 Å². The van der Waals surface area contributed by atoms with Crippen molar-refractivity contribution in [2.24, 2.45) is 0 Å². The maximum atomic E-state index is 10.6. The molecule has 0 aliphatic heterocycles. The van der Waals surface area contributed by atoms with Crippen LogP contribution >= 0.6 is 11.3 Å². The Balaban J connectivity index is 2.45. The van der Waals surface area contributed by atoms with Crippen LogP contribution in [0.4, 0.5) is 0 Å². The first-order chi connectivity index (χ1) is 7.28. The molecular weight excluding hydrogens is 210 g/mol. The van der Waals surface area contributed by atoms with E-state index >= 15 is 0 Å². The molecule has 0 bridgehead atoms. The van der Waals surface area contributed by atoms with Gasteiger partial charge in [0.15, 0.2) is 6.29 Å². The highest BCUT2D eigenvalue weighted by molar-refractivity contribution is 7.25. The minimum atomic E-state index is 0.266. The number of aromatic hydroxyl groups is 1. The van der Waals surface area contributed by atoms with Gasteiger partial charge < -0.3 is 10.1 Å². The minimum absolute atomic E-state index is 0.266. The molecule has 0 atom stereocenters. The third-order valence-corrected chi connectivity index (χ3v) is 3.48. The van der Waals surface area contributed by atoms with Crippen molar-refractivity contribution in [1.29, 1.82) is 0 Å². The molecule has 3 rings (SSSR count). The van der Waals surface area contributed by atoms with Gasteiger partial charge in [-0.25, -0.2) is 0 Å². The highest BCUT2D eigenvalue weighted by Crippen LogP contribution is 2.35. The van der Waals surface area contributed by atoms with E-state index in [1.54, 1.807) is 23.5 Å². The molecule has 2 aromatic heterocycles. The zero-order valence-electron chi connectivity index (χ0n) is 7.65. The van der Waals surface area contributed by atoms with Crippen LogP contribution in [0.3, 0.4) is 0 Å². The quantitative estimate of drug-likeness (QED) is 0.616. The summed E-state index contributed by atoms with van der Waals surface area (Å²) in [5.74, 6) is 0.266. The largest absolute Gasteiger partial charge is 0.508 e. The van der Waals surface area contributed by atoms with Gasteiger partial charge in [0.2, 0.25) is 0 Å². The standard InChI is InChI=1S/C11H7NO2S/c13-5-6-3-10-11(12-6)8-2-1-7(14)4-9(8)15-10/h1-5,12,14H. The molecule has 3 aromatic rings. The number of rotatable bonds is 1. The van der Waals surface area contributed by atoms with Gasteiger partial charge in [-0.15, -0.1) is 11.3 Å². The molecule has 0 spiro atoms. The zero-order valence-corrected chi connectivity index (χ0v) is 8.47. The van der Waals surface area contributed by atoms with Crippen molar-refractivity contribution in [2.45, 2.75) is 0 Å². The molecule has 0 fully saturated rings. The van der Waals surface area contributed by atoms with Crippen molar-refractivity contribution in [2.75, 3.05) is 0 Å². The summed E-state index contributed by atoms with van der Waals surface area (Å²) in [5.41, 5.74) is 1.56. The molecule has 1 aromatic carbocycles. The van der Waals surface area contributed by atoms with E-state index in [0.29, 0.717) is 5.69 Å². The fourth-order valence-electron chi connectivity index (χ4n) is 1.72. The summed E-state index contributed by atoms with van der Waals surface area (Å²) < 4.78 is 2.06. The summed E-state index contributed by atoms with van der Waals surface area (Å²) in [5, 5.41) is 10.4. The predicted molar refractivity (Wildman–Crippen MR) is 60.7 cm³/mol. The number of aromatic amines is 1. The molecule has 3 nitrogen and oxygen atoms in total. The van der Waals surface area contributed by atoms with E-state index < -0.39 is 0 Å². The molecule has 4 heteroatoms. The first-order valence-electron chi connectivity index (χ1n) is 4.47. The number of benzene rings is 1. The summed E-state index contributed by atoms with van der Waals surface area (Å²) >= 11 is 1.56. The highest BCUT2D eigenvalue weighted by atomic mass is 32.1. The predicted octanol–water partition coefficient (Wildman–Crippen LogP) is 2.90. The van der Waals surface area contributed by atoms with Gasteiger partial charge in [0.25, 0.3) is 0 Å². The number of carbonyl (C=O) groups is 1. The fourth-order valence-corrected chi connectivity index (χ4v) is 2.87. The molecule has 15 heavy (non-hydrogen) atoms. The Bertz CT molecular complexity index is 666. The van der Waals surface area contributed by atoms with E-state index in [-0.39, 0.29) is 5.75 Å². The number of phenols is 1. The number of carbonyl (C=O) groups excluding carboxylic acids is 1. The van der Waals surface area contributed by atoms with Crippen LogP contribution in [0.2, 0.25) is 0 Å². The molecule has 74 valence electrons. The Morgan fingerprint density at radius 3 is 2.93 bits per heavy atom. The van der Waals surface area contributed by atoms with Crippen molar-refractivity contribution in [3.8, 4) is 5.75 Å².